The lowest BCUT2D eigenvalue weighted by Crippen LogP contribution is -2.27. The summed E-state index contributed by atoms with van der Waals surface area (Å²) in [6, 6.07) is 1.85. The second-order valence-corrected chi connectivity index (χ2v) is 5.97. The lowest BCUT2D eigenvalue weighted by molar-refractivity contribution is 0.209. The minimum atomic E-state index is -1.06. The van der Waals surface area contributed by atoms with E-state index in [4.69, 9.17) is 5.11 Å². The topological polar surface area (TPSA) is 74.2 Å². The molecule has 0 aliphatic heterocycles. The van der Waals surface area contributed by atoms with E-state index in [1.807, 2.05) is 6.07 Å². The number of anilines is 1. The molecule has 1 aliphatic carbocycles. The second kappa shape index (κ2) is 7.98. The maximum absolute atomic E-state index is 10.8. The molecule has 2 rings (SSSR count). The van der Waals surface area contributed by atoms with Gasteiger partial charge in [0, 0.05) is 12.7 Å². The summed E-state index contributed by atoms with van der Waals surface area (Å²) in [5.74, 6) is 1.50. The van der Waals surface area contributed by atoms with E-state index in [9.17, 15) is 4.79 Å². The Hall–Kier alpha value is -1.62. The highest BCUT2D eigenvalue weighted by Crippen LogP contribution is 2.29. The van der Waals surface area contributed by atoms with Gasteiger partial charge in [-0.15, -0.1) is 0 Å². The van der Waals surface area contributed by atoms with E-state index in [2.05, 4.69) is 22.5 Å². The fraction of sp³-hybridized carbons (Fsp3) is 0.625. The number of nitrogens with one attached hydrogen (secondary N) is 2. The van der Waals surface area contributed by atoms with Crippen LogP contribution in [0.15, 0.2) is 18.5 Å². The van der Waals surface area contributed by atoms with Gasteiger partial charge in [-0.05, 0) is 30.0 Å². The van der Waals surface area contributed by atoms with Gasteiger partial charge in [-0.25, -0.2) is 4.79 Å². The third-order valence-corrected chi connectivity index (χ3v) is 4.39. The van der Waals surface area contributed by atoms with Crippen LogP contribution in [0.2, 0.25) is 0 Å². The largest absolute Gasteiger partial charge is 0.465 e. The van der Waals surface area contributed by atoms with E-state index < -0.39 is 6.09 Å². The maximum Gasteiger partial charge on any atom is 0.409 e. The molecule has 0 spiro atoms. The molecule has 3 N–H and O–H groups in total. The van der Waals surface area contributed by atoms with Crippen LogP contribution >= 0.6 is 0 Å². The van der Waals surface area contributed by atoms with Crippen LogP contribution in [-0.4, -0.2) is 22.7 Å². The lowest BCUT2D eigenvalue weighted by Gasteiger charge is -2.27. The number of amides is 1. The number of pyridine rings is 1. The normalized spacial score (nSPS) is 17.4. The van der Waals surface area contributed by atoms with E-state index in [-0.39, 0.29) is 0 Å². The van der Waals surface area contributed by atoms with Crippen molar-refractivity contribution in [3.8, 4) is 0 Å². The fourth-order valence-electron chi connectivity index (χ4n) is 3.11. The standard InChI is InChI=1S/C16H25N3O2/c1-12(13-5-3-2-4-6-13)9-18-10-14-7-8-17-11-15(14)19-16(20)21/h7-8,11-13,18-19H,2-6,9-10H2,1H3,(H,20,21). The summed E-state index contributed by atoms with van der Waals surface area (Å²) in [5, 5.41) is 14.7. The van der Waals surface area contributed by atoms with Gasteiger partial charge in [-0.2, -0.15) is 0 Å². The van der Waals surface area contributed by atoms with Gasteiger partial charge in [0.2, 0.25) is 0 Å². The van der Waals surface area contributed by atoms with Crippen molar-refractivity contribution in [1.82, 2.24) is 10.3 Å². The summed E-state index contributed by atoms with van der Waals surface area (Å²) in [5.41, 5.74) is 1.49. The zero-order valence-electron chi connectivity index (χ0n) is 12.6. The van der Waals surface area contributed by atoms with Gasteiger partial charge in [-0.1, -0.05) is 39.0 Å². The van der Waals surface area contributed by atoms with Gasteiger partial charge in [0.05, 0.1) is 11.9 Å². The van der Waals surface area contributed by atoms with Crippen LogP contribution in [0.4, 0.5) is 10.5 Å². The van der Waals surface area contributed by atoms with Crippen molar-refractivity contribution >= 4 is 11.8 Å². The molecule has 5 nitrogen and oxygen atoms in total. The van der Waals surface area contributed by atoms with Crippen molar-refractivity contribution in [2.45, 2.75) is 45.6 Å². The highest BCUT2D eigenvalue weighted by molar-refractivity contribution is 5.83. The molecule has 1 aromatic heterocycles. The molecule has 0 saturated heterocycles. The minimum absolute atomic E-state index is 0.558. The average molecular weight is 291 g/mol. The molecule has 1 atom stereocenters. The molecule has 1 heterocycles. The van der Waals surface area contributed by atoms with E-state index in [1.54, 1.807) is 12.4 Å². The highest BCUT2D eigenvalue weighted by Gasteiger charge is 2.19. The molecule has 116 valence electrons. The zero-order chi connectivity index (χ0) is 15.1. The Labute approximate surface area is 126 Å². The van der Waals surface area contributed by atoms with Crippen LogP contribution in [-0.2, 0) is 6.54 Å². The van der Waals surface area contributed by atoms with Crippen LogP contribution in [0, 0.1) is 11.8 Å². The molecule has 1 aliphatic rings. The second-order valence-electron chi connectivity index (χ2n) is 5.97. The van der Waals surface area contributed by atoms with Crippen molar-refractivity contribution < 1.29 is 9.90 Å². The molecule has 0 radical (unpaired) electrons. The summed E-state index contributed by atoms with van der Waals surface area (Å²) < 4.78 is 0. The van der Waals surface area contributed by atoms with Crippen LogP contribution in [0.3, 0.4) is 0 Å². The summed E-state index contributed by atoms with van der Waals surface area (Å²) >= 11 is 0. The average Bonchev–Trinajstić information content (AvgIpc) is 2.49. The minimum Gasteiger partial charge on any atom is -0.465 e. The number of aromatic nitrogens is 1. The first-order chi connectivity index (χ1) is 10.2. The van der Waals surface area contributed by atoms with E-state index in [0.29, 0.717) is 18.2 Å². The Morgan fingerprint density at radius 1 is 1.43 bits per heavy atom. The summed E-state index contributed by atoms with van der Waals surface area (Å²) in [6.45, 7) is 3.95. The smallest absolute Gasteiger partial charge is 0.409 e. The first kappa shape index (κ1) is 15.8. The molecule has 5 heteroatoms. The van der Waals surface area contributed by atoms with Gasteiger partial charge in [0.25, 0.3) is 0 Å². The third-order valence-electron chi connectivity index (χ3n) is 4.39. The van der Waals surface area contributed by atoms with Gasteiger partial charge in [-0.3, -0.25) is 10.3 Å². The molecule has 1 fully saturated rings. The monoisotopic (exact) mass is 291 g/mol. The quantitative estimate of drug-likeness (QED) is 0.750. The number of carboxylic acid groups (broad SMARTS) is 1. The van der Waals surface area contributed by atoms with E-state index >= 15 is 0 Å². The summed E-state index contributed by atoms with van der Waals surface area (Å²) in [4.78, 5) is 14.7. The Morgan fingerprint density at radius 3 is 2.90 bits per heavy atom. The molecule has 0 bridgehead atoms. The molecular weight excluding hydrogens is 266 g/mol. The molecule has 1 saturated carbocycles. The fourth-order valence-corrected chi connectivity index (χ4v) is 3.11. The number of nitrogens with zero attached hydrogens (tertiary/aromatic N) is 1. The van der Waals surface area contributed by atoms with Crippen molar-refractivity contribution in [2.24, 2.45) is 11.8 Å². The van der Waals surface area contributed by atoms with E-state index in [0.717, 1.165) is 18.0 Å². The number of hydrogen-bond acceptors (Lipinski definition) is 3. The van der Waals surface area contributed by atoms with Crippen molar-refractivity contribution in [1.29, 1.82) is 0 Å². The third kappa shape index (κ3) is 5.01. The Bertz CT molecular complexity index is 459. The molecular formula is C16H25N3O2. The Kier molecular flexibility index (Phi) is 5.99. The molecule has 21 heavy (non-hydrogen) atoms. The molecule has 0 aromatic carbocycles. The lowest BCUT2D eigenvalue weighted by atomic mass is 9.81. The van der Waals surface area contributed by atoms with Crippen LogP contribution in [0.25, 0.3) is 0 Å². The summed E-state index contributed by atoms with van der Waals surface area (Å²) in [7, 11) is 0. The first-order valence-corrected chi connectivity index (χ1v) is 7.80. The van der Waals surface area contributed by atoms with Gasteiger partial charge < -0.3 is 10.4 Å². The van der Waals surface area contributed by atoms with Gasteiger partial charge in [0.15, 0.2) is 0 Å². The zero-order valence-corrected chi connectivity index (χ0v) is 12.6. The predicted molar refractivity (Wildman–Crippen MR) is 83.3 cm³/mol. The molecule has 1 unspecified atom stereocenters. The van der Waals surface area contributed by atoms with E-state index in [1.165, 1.54) is 32.1 Å². The van der Waals surface area contributed by atoms with Crippen molar-refractivity contribution in [2.75, 3.05) is 11.9 Å². The number of carbonyl (C=O) groups is 1. The first-order valence-electron chi connectivity index (χ1n) is 7.80. The number of rotatable bonds is 6. The predicted octanol–water partition coefficient (Wildman–Crippen LogP) is 3.48. The summed E-state index contributed by atoms with van der Waals surface area (Å²) in [6.07, 6.45) is 9.01. The van der Waals surface area contributed by atoms with Crippen LogP contribution < -0.4 is 10.6 Å². The Balaban J connectivity index is 1.81. The van der Waals surface area contributed by atoms with Gasteiger partial charge >= 0.3 is 6.09 Å². The SMILES string of the molecule is CC(CNCc1ccncc1NC(=O)O)C1CCCCC1. The molecule has 1 amide bonds. The maximum atomic E-state index is 10.8. The van der Waals surface area contributed by atoms with Crippen molar-refractivity contribution in [3.63, 3.8) is 0 Å². The molecule has 1 aromatic rings. The van der Waals surface area contributed by atoms with Gasteiger partial charge in [0.1, 0.15) is 0 Å². The highest BCUT2D eigenvalue weighted by atomic mass is 16.4. The number of hydrogen-bond donors (Lipinski definition) is 3. The Morgan fingerprint density at radius 2 is 2.19 bits per heavy atom. The van der Waals surface area contributed by atoms with Crippen LogP contribution in [0.5, 0.6) is 0 Å². The van der Waals surface area contributed by atoms with Crippen molar-refractivity contribution in [3.05, 3.63) is 24.0 Å². The van der Waals surface area contributed by atoms with Crippen LogP contribution in [0.1, 0.15) is 44.6 Å².